The van der Waals surface area contributed by atoms with Crippen molar-refractivity contribution < 1.29 is 23.1 Å². The first kappa shape index (κ1) is 15.4. The maximum atomic E-state index is 10.6. The van der Waals surface area contributed by atoms with Gasteiger partial charge in [-0.1, -0.05) is 13.0 Å². The SMILES string of the molecule is C=CCNCCC.O=C(O)C(F)(F)F. The molecule has 0 rings (SSSR count). The fourth-order valence-corrected chi connectivity index (χ4v) is 0.381. The fourth-order valence-electron chi connectivity index (χ4n) is 0.381. The number of rotatable bonds is 4. The Kier molecular flexibility index (Phi) is 9.43. The van der Waals surface area contributed by atoms with Gasteiger partial charge in [0.05, 0.1) is 0 Å². The normalized spacial score (nSPS) is 10.0. The van der Waals surface area contributed by atoms with E-state index in [-0.39, 0.29) is 0 Å². The minimum absolute atomic E-state index is 0.938. The van der Waals surface area contributed by atoms with Crippen molar-refractivity contribution in [1.29, 1.82) is 0 Å². The van der Waals surface area contributed by atoms with Crippen molar-refractivity contribution in [2.75, 3.05) is 13.1 Å². The zero-order valence-corrected chi connectivity index (χ0v) is 7.90. The Labute approximate surface area is 80.6 Å². The lowest BCUT2D eigenvalue weighted by atomic mass is 10.5. The second-order valence-corrected chi connectivity index (χ2v) is 2.30. The number of carboxylic acids is 1. The third-order valence-electron chi connectivity index (χ3n) is 0.958. The molecular formula is C8H14F3NO2. The Morgan fingerprint density at radius 3 is 2.21 bits per heavy atom. The maximum Gasteiger partial charge on any atom is 0.490 e. The largest absolute Gasteiger partial charge is 0.490 e. The Balaban J connectivity index is 0. The lowest BCUT2D eigenvalue weighted by molar-refractivity contribution is -0.192. The van der Waals surface area contributed by atoms with Crippen molar-refractivity contribution in [3.63, 3.8) is 0 Å². The van der Waals surface area contributed by atoms with Gasteiger partial charge in [0.2, 0.25) is 0 Å². The van der Waals surface area contributed by atoms with Gasteiger partial charge in [0.1, 0.15) is 0 Å². The van der Waals surface area contributed by atoms with Crippen LogP contribution < -0.4 is 5.32 Å². The van der Waals surface area contributed by atoms with E-state index in [1.54, 1.807) is 0 Å². The van der Waals surface area contributed by atoms with E-state index >= 15 is 0 Å². The third kappa shape index (κ3) is 13.5. The topological polar surface area (TPSA) is 49.3 Å². The predicted octanol–water partition coefficient (Wildman–Crippen LogP) is 1.81. The first-order valence-corrected chi connectivity index (χ1v) is 3.98. The molecule has 3 nitrogen and oxygen atoms in total. The van der Waals surface area contributed by atoms with Gasteiger partial charge in [0, 0.05) is 6.54 Å². The van der Waals surface area contributed by atoms with Crippen LogP contribution in [-0.4, -0.2) is 30.3 Å². The van der Waals surface area contributed by atoms with Gasteiger partial charge in [-0.3, -0.25) is 0 Å². The first-order chi connectivity index (χ1) is 6.36. The standard InChI is InChI=1S/C6H13N.C2HF3O2/c1-3-5-7-6-4-2;3-2(4,5)1(6)7/h3,7H,1,4-6H2,2H3;(H,6,7). The van der Waals surface area contributed by atoms with Gasteiger partial charge in [-0.05, 0) is 13.0 Å². The lowest BCUT2D eigenvalue weighted by Crippen LogP contribution is -2.21. The summed E-state index contributed by atoms with van der Waals surface area (Å²) in [5, 5.41) is 10.3. The third-order valence-corrected chi connectivity index (χ3v) is 0.958. The Morgan fingerprint density at radius 2 is 2.00 bits per heavy atom. The van der Waals surface area contributed by atoms with Gasteiger partial charge in [-0.25, -0.2) is 4.79 Å². The summed E-state index contributed by atoms with van der Waals surface area (Å²) >= 11 is 0. The summed E-state index contributed by atoms with van der Waals surface area (Å²) in [7, 11) is 0. The average Bonchev–Trinajstić information content (AvgIpc) is 2.05. The van der Waals surface area contributed by atoms with Gasteiger partial charge >= 0.3 is 12.1 Å². The van der Waals surface area contributed by atoms with Crippen molar-refractivity contribution in [2.24, 2.45) is 0 Å². The summed E-state index contributed by atoms with van der Waals surface area (Å²) in [5.74, 6) is -2.76. The number of carbonyl (C=O) groups is 1. The first-order valence-electron chi connectivity index (χ1n) is 3.98. The zero-order valence-electron chi connectivity index (χ0n) is 7.90. The molecule has 0 aromatic heterocycles. The zero-order chi connectivity index (χ0) is 11.6. The maximum absolute atomic E-state index is 10.6. The molecule has 6 heteroatoms. The van der Waals surface area contributed by atoms with Crippen molar-refractivity contribution in [3.8, 4) is 0 Å². The number of alkyl halides is 3. The van der Waals surface area contributed by atoms with Crippen molar-refractivity contribution >= 4 is 5.97 Å². The molecule has 2 N–H and O–H groups in total. The number of carboxylic acid groups (broad SMARTS) is 1. The van der Waals surface area contributed by atoms with E-state index in [0.29, 0.717) is 0 Å². The quantitative estimate of drug-likeness (QED) is 0.553. The van der Waals surface area contributed by atoms with E-state index < -0.39 is 12.1 Å². The van der Waals surface area contributed by atoms with E-state index in [4.69, 9.17) is 9.90 Å². The number of hydrogen-bond donors (Lipinski definition) is 2. The van der Waals surface area contributed by atoms with Crippen molar-refractivity contribution in [1.82, 2.24) is 5.32 Å². The van der Waals surface area contributed by atoms with Gasteiger partial charge in [-0.15, -0.1) is 6.58 Å². The van der Waals surface area contributed by atoms with Crippen LogP contribution in [0.25, 0.3) is 0 Å². The molecule has 0 fully saturated rings. The highest BCUT2D eigenvalue weighted by atomic mass is 19.4. The van der Waals surface area contributed by atoms with Crippen LogP contribution in [0, 0.1) is 0 Å². The molecule has 0 radical (unpaired) electrons. The number of hydrogen-bond acceptors (Lipinski definition) is 2. The van der Waals surface area contributed by atoms with Crippen LogP contribution in [0.1, 0.15) is 13.3 Å². The molecule has 0 bridgehead atoms. The van der Waals surface area contributed by atoms with Crippen LogP contribution >= 0.6 is 0 Å². The summed E-state index contributed by atoms with van der Waals surface area (Å²) in [4.78, 5) is 8.90. The summed E-state index contributed by atoms with van der Waals surface area (Å²) in [6.45, 7) is 7.76. The number of aliphatic carboxylic acids is 1. The molecule has 84 valence electrons. The van der Waals surface area contributed by atoms with E-state index in [1.165, 1.54) is 6.42 Å². The molecule has 0 atom stereocenters. The van der Waals surface area contributed by atoms with Crippen LogP contribution in [0.15, 0.2) is 12.7 Å². The molecule has 0 aliphatic rings. The van der Waals surface area contributed by atoms with Gasteiger partial charge in [-0.2, -0.15) is 13.2 Å². The van der Waals surface area contributed by atoms with E-state index in [0.717, 1.165) is 13.1 Å². The van der Waals surface area contributed by atoms with Crippen LogP contribution in [0.3, 0.4) is 0 Å². The molecule has 0 unspecified atom stereocenters. The van der Waals surface area contributed by atoms with Gasteiger partial charge < -0.3 is 10.4 Å². The molecule has 0 aromatic rings. The Hall–Kier alpha value is -1.04. The second kappa shape index (κ2) is 8.55. The highest BCUT2D eigenvalue weighted by Crippen LogP contribution is 2.13. The molecule has 0 amide bonds. The molecule has 0 saturated heterocycles. The molecule has 0 spiro atoms. The molecule has 0 saturated carbocycles. The van der Waals surface area contributed by atoms with Crippen molar-refractivity contribution in [3.05, 3.63) is 12.7 Å². The van der Waals surface area contributed by atoms with Gasteiger partial charge in [0.15, 0.2) is 0 Å². The Bertz CT molecular complexity index is 168. The summed E-state index contributed by atoms with van der Waals surface area (Å²) in [5.41, 5.74) is 0. The molecule has 0 aliphatic heterocycles. The lowest BCUT2D eigenvalue weighted by Gasteiger charge is -1.93. The average molecular weight is 213 g/mol. The summed E-state index contributed by atoms with van der Waals surface area (Å²) in [6, 6.07) is 0. The molecule has 0 aliphatic carbocycles. The van der Waals surface area contributed by atoms with Crippen LogP contribution in [-0.2, 0) is 4.79 Å². The van der Waals surface area contributed by atoms with Gasteiger partial charge in [0.25, 0.3) is 0 Å². The van der Waals surface area contributed by atoms with Crippen LogP contribution in [0.2, 0.25) is 0 Å². The minimum Gasteiger partial charge on any atom is -0.475 e. The monoisotopic (exact) mass is 213 g/mol. The smallest absolute Gasteiger partial charge is 0.475 e. The molecule has 0 aromatic carbocycles. The molecule has 0 heterocycles. The van der Waals surface area contributed by atoms with Crippen LogP contribution in [0.4, 0.5) is 13.2 Å². The number of nitrogens with one attached hydrogen (secondary N) is 1. The minimum atomic E-state index is -5.08. The van der Waals surface area contributed by atoms with Crippen molar-refractivity contribution in [2.45, 2.75) is 19.5 Å². The predicted molar refractivity (Wildman–Crippen MR) is 47.0 cm³/mol. The second-order valence-electron chi connectivity index (χ2n) is 2.30. The van der Waals surface area contributed by atoms with E-state index in [2.05, 4.69) is 18.8 Å². The fraction of sp³-hybridized carbons (Fsp3) is 0.625. The highest BCUT2D eigenvalue weighted by Gasteiger charge is 2.38. The summed E-state index contributed by atoms with van der Waals surface area (Å²) in [6.07, 6.45) is -2.01. The summed E-state index contributed by atoms with van der Waals surface area (Å²) < 4.78 is 31.7. The Morgan fingerprint density at radius 1 is 1.57 bits per heavy atom. The van der Waals surface area contributed by atoms with E-state index in [1.807, 2.05) is 6.08 Å². The van der Waals surface area contributed by atoms with Crippen LogP contribution in [0.5, 0.6) is 0 Å². The van der Waals surface area contributed by atoms with E-state index in [9.17, 15) is 13.2 Å². The number of halogens is 3. The molecular weight excluding hydrogens is 199 g/mol. The highest BCUT2D eigenvalue weighted by molar-refractivity contribution is 5.73. The molecule has 14 heavy (non-hydrogen) atoms.